The molecule has 0 saturated carbocycles. The molecule has 0 amide bonds. The van der Waals surface area contributed by atoms with Crippen molar-refractivity contribution in [3.8, 4) is 0 Å². The van der Waals surface area contributed by atoms with Crippen LogP contribution in [0.2, 0.25) is 0 Å². The number of carboxylic acid groups (broad SMARTS) is 2. The first-order valence-electron chi connectivity index (χ1n) is 4.33. The van der Waals surface area contributed by atoms with Gasteiger partial charge in [0.25, 0.3) is 0 Å². The van der Waals surface area contributed by atoms with Crippen LogP contribution < -0.4 is 0 Å². The Morgan fingerprint density at radius 1 is 1.31 bits per heavy atom. The number of hydrogen-bond donors (Lipinski definition) is 2. The predicted molar refractivity (Wildman–Crippen MR) is 46.9 cm³/mol. The lowest BCUT2D eigenvalue weighted by Gasteiger charge is -2.35. The second-order valence-corrected chi connectivity index (χ2v) is 3.49. The van der Waals surface area contributed by atoms with E-state index in [1.807, 2.05) is 7.05 Å². The van der Waals surface area contributed by atoms with Gasteiger partial charge in [0.15, 0.2) is 0 Å². The summed E-state index contributed by atoms with van der Waals surface area (Å²) in [6, 6.07) is 0. The van der Waals surface area contributed by atoms with Gasteiger partial charge >= 0.3 is 18.1 Å². The average Bonchev–Trinajstić information content (AvgIpc) is 1.99. The lowest BCUT2D eigenvalue weighted by Crippen LogP contribution is -2.44. The standard InChI is InChI=1S/C6H11NO2.C2HF3O2/c1-7-3-5(4-7)2-6(8)9;3-2(4,5)1(6)7/h5H,2-4H2,1H3,(H,8,9);(H,6,7). The molecule has 1 aliphatic rings. The number of alkyl halides is 3. The van der Waals surface area contributed by atoms with Crippen LogP contribution in [0.5, 0.6) is 0 Å². The van der Waals surface area contributed by atoms with Gasteiger partial charge in [0.1, 0.15) is 0 Å². The van der Waals surface area contributed by atoms with Crippen LogP contribution in [0, 0.1) is 5.92 Å². The maximum Gasteiger partial charge on any atom is 0.490 e. The van der Waals surface area contributed by atoms with E-state index in [1.165, 1.54) is 0 Å². The topological polar surface area (TPSA) is 77.8 Å². The fraction of sp³-hybridized carbons (Fsp3) is 0.750. The Balaban J connectivity index is 0.000000293. The number of rotatable bonds is 2. The molecule has 0 aliphatic carbocycles. The van der Waals surface area contributed by atoms with Crippen LogP contribution in [0.25, 0.3) is 0 Å². The lowest BCUT2D eigenvalue weighted by molar-refractivity contribution is -0.192. The summed E-state index contributed by atoms with van der Waals surface area (Å²) < 4.78 is 31.7. The molecule has 2 N–H and O–H groups in total. The average molecular weight is 243 g/mol. The van der Waals surface area contributed by atoms with Gasteiger partial charge < -0.3 is 15.1 Å². The van der Waals surface area contributed by atoms with Crippen LogP contribution in [0.3, 0.4) is 0 Å². The van der Waals surface area contributed by atoms with E-state index < -0.39 is 18.1 Å². The Bertz CT molecular complexity index is 260. The van der Waals surface area contributed by atoms with Crippen molar-refractivity contribution >= 4 is 11.9 Å². The Morgan fingerprint density at radius 2 is 1.69 bits per heavy atom. The summed E-state index contributed by atoms with van der Waals surface area (Å²) in [4.78, 5) is 21.1. The van der Waals surface area contributed by atoms with Gasteiger partial charge in [-0.15, -0.1) is 0 Å². The summed E-state index contributed by atoms with van der Waals surface area (Å²) in [5, 5.41) is 15.4. The highest BCUT2D eigenvalue weighted by Crippen LogP contribution is 2.15. The van der Waals surface area contributed by atoms with Crippen LogP contribution in [0.4, 0.5) is 13.2 Å². The summed E-state index contributed by atoms with van der Waals surface area (Å²) in [7, 11) is 2.00. The van der Waals surface area contributed by atoms with Gasteiger partial charge in [-0.05, 0) is 13.0 Å². The number of carbonyl (C=O) groups is 2. The molecule has 0 aromatic carbocycles. The minimum absolute atomic E-state index is 0.338. The zero-order chi connectivity index (χ0) is 12.9. The molecule has 1 fully saturated rings. The lowest BCUT2D eigenvalue weighted by atomic mass is 9.98. The van der Waals surface area contributed by atoms with E-state index in [2.05, 4.69) is 4.90 Å². The first-order valence-corrected chi connectivity index (χ1v) is 4.33. The zero-order valence-electron chi connectivity index (χ0n) is 8.49. The molecule has 94 valence electrons. The maximum atomic E-state index is 10.6. The zero-order valence-corrected chi connectivity index (χ0v) is 8.49. The number of halogens is 3. The summed E-state index contributed by atoms with van der Waals surface area (Å²) in [6.07, 6.45) is -4.75. The Kier molecular flexibility index (Phi) is 5.22. The third kappa shape index (κ3) is 6.23. The van der Waals surface area contributed by atoms with E-state index in [0.29, 0.717) is 12.3 Å². The van der Waals surface area contributed by atoms with Crippen molar-refractivity contribution in [2.45, 2.75) is 12.6 Å². The molecule has 16 heavy (non-hydrogen) atoms. The Morgan fingerprint density at radius 3 is 1.88 bits per heavy atom. The van der Waals surface area contributed by atoms with Crippen molar-refractivity contribution < 1.29 is 33.0 Å². The molecule has 5 nitrogen and oxygen atoms in total. The van der Waals surface area contributed by atoms with E-state index >= 15 is 0 Å². The van der Waals surface area contributed by atoms with Gasteiger partial charge in [-0.3, -0.25) is 4.79 Å². The summed E-state index contributed by atoms with van der Waals surface area (Å²) in [6.45, 7) is 1.90. The molecule has 1 aliphatic heterocycles. The molecule has 1 rings (SSSR count). The predicted octanol–water partition coefficient (Wildman–Crippen LogP) is 0.656. The molecule has 1 heterocycles. The second-order valence-electron chi connectivity index (χ2n) is 3.49. The van der Waals surface area contributed by atoms with Gasteiger partial charge in [0.2, 0.25) is 0 Å². The summed E-state index contributed by atoms with van der Waals surface area (Å²) in [5.74, 6) is -3.02. The molecule has 8 heteroatoms. The third-order valence-corrected chi connectivity index (χ3v) is 1.85. The molecule has 0 aromatic rings. The number of hydrogen-bond acceptors (Lipinski definition) is 3. The van der Waals surface area contributed by atoms with Crippen LogP contribution in [0.15, 0.2) is 0 Å². The number of nitrogens with zero attached hydrogens (tertiary/aromatic N) is 1. The first kappa shape index (κ1) is 14.7. The number of likely N-dealkylation sites (tertiary alicyclic amines) is 1. The smallest absolute Gasteiger partial charge is 0.481 e. The van der Waals surface area contributed by atoms with Crippen LogP contribution in [-0.4, -0.2) is 53.4 Å². The number of carboxylic acids is 2. The molecule has 1 saturated heterocycles. The highest BCUT2D eigenvalue weighted by molar-refractivity contribution is 5.73. The second kappa shape index (κ2) is 5.69. The molecule has 0 aromatic heterocycles. The van der Waals surface area contributed by atoms with Crippen molar-refractivity contribution in [2.75, 3.05) is 20.1 Å². The molecule has 0 atom stereocenters. The van der Waals surface area contributed by atoms with Crippen molar-refractivity contribution in [2.24, 2.45) is 5.92 Å². The third-order valence-electron chi connectivity index (χ3n) is 1.85. The SMILES string of the molecule is CN1CC(CC(=O)O)C1.O=C(O)C(F)(F)F. The fourth-order valence-corrected chi connectivity index (χ4v) is 1.20. The Labute approximate surface area is 89.5 Å². The molecular formula is C8H12F3NO4. The highest BCUT2D eigenvalue weighted by atomic mass is 19.4. The quantitative estimate of drug-likeness (QED) is 0.744. The summed E-state index contributed by atoms with van der Waals surface area (Å²) >= 11 is 0. The van der Waals surface area contributed by atoms with Crippen molar-refractivity contribution in [1.29, 1.82) is 0 Å². The molecule has 0 radical (unpaired) electrons. The van der Waals surface area contributed by atoms with Crippen LogP contribution in [0.1, 0.15) is 6.42 Å². The van der Waals surface area contributed by atoms with E-state index in [1.54, 1.807) is 0 Å². The first-order chi connectivity index (χ1) is 7.12. The molecule has 0 spiro atoms. The largest absolute Gasteiger partial charge is 0.490 e. The monoisotopic (exact) mass is 243 g/mol. The minimum Gasteiger partial charge on any atom is -0.481 e. The van der Waals surface area contributed by atoms with Crippen molar-refractivity contribution in [1.82, 2.24) is 4.90 Å². The van der Waals surface area contributed by atoms with Gasteiger partial charge in [0, 0.05) is 13.1 Å². The minimum atomic E-state index is -5.08. The van der Waals surface area contributed by atoms with E-state index in [4.69, 9.17) is 15.0 Å². The Hall–Kier alpha value is -1.31. The maximum absolute atomic E-state index is 10.6. The van der Waals surface area contributed by atoms with E-state index in [0.717, 1.165) is 13.1 Å². The van der Waals surface area contributed by atoms with E-state index in [9.17, 15) is 18.0 Å². The van der Waals surface area contributed by atoms with Crippen LogP contribution in [-0.2, 0) is 9.59 Å². The highest BCUT2D eigenvalue weighted by Gasteiger charge is 2.38. The van der Waals surface area contributed by atoms with Gasteiger partial charge in [-0.2, -0.15) is 13.2 Å². The van der Waals surface area contributed by atoms with E-state index in [-0.39, 0.29) is 0 Å². The normalized spacial score (nSPS) is 17.0. The summed E-state index contributed by atoms with van der Waals surface area (Å²) in [5.41, 5.74) is 0. The molecule has 0 bridgehead atoms. The van der Waals surface area contributed by atoms with Gasteiger partial charge in [0.05, 0.1) is 6.42 Å². The number of aliphatic carboxylic acids is 2. The molecular weight excluding hydrogens is 231 g/mol. The van der Waals surface area contributed by atoms with Gasteiger partial charge in [-0.1, -0.05) is 0 Å². The van der Waals surface area contributed by atoms with Crippen LogP contribution >= 0.6 is 0 Å². The van der Waals surface area contributed by atoms with Crippen molar-refractivity contribution in [3.63, 3.8) is 0 Å². The fourth-order valence-electron chi connectivity index (χ4n) is 1.20. The van der Waals surface area contributed by atoms with Crippen molar-refractivity contribution in [3.05, 3.63) is 0 Å². The molecule has 0 unspecified atom stereocenters. The van der Waals surface area contributed by atoms with Gasteiger partial charge in [-0.25, -0.2) is 4.79 Å².